The van der Waals surface area contributed by atoms with E-state index in [0.29, 0.717) is 13.0 Å². The predicted molar refractivity (Wildman–Crippen MR) is 102 cm³/mol. The van der Waals surface area contributed by atoms with Gasteiger partial charge in [0.2, 0.25) is 5.91 Å². The summed E-state index contributed by atoms with van der Waals surface area (Å²) >= 11 is 1.59. The molecular formula is C20H20N2O3S. The second kappa shape index (κ2) is 6.96. The second-order valence-corrected chi connectivity index (χ2v) is 7.29. The fraction of sp³-hybridized carbons (Fsp3) is 0.300. The summed E-state index contributed by atoms with van der Waals surface area (Å²) in [4.78, 5) is 20.3. The molecule has 1 amide bonds. The molecule has 0 fully saturated rings. The van der Waals surface area contributed by atoms with Gasteiger partial charge in [-0.3, -0.25) is 9.69 Å². The summed E-state index contributed by atoms with van der Waals surface area (Å²) in [5.74, 6) is 1.82. The van der Waals surface area contributed by atoms with Crippen molar-refractivity contribution in [3.8, 4) is 17.0 Å². The summed E-state index contributed by atoms with van der Waals surface area (Å²) in [6, 6.07) is 9.62. The number of hydrogen-bond donors (Lipinski definition) is 0. The topological polar surface area (TPSA) is 55.6 Å². The highest BCUT2D eigenvalue weighted by atomic mass is 32.1. The molecule has 1 aliphatic carbocycles. The Kier molecular flexibility index (Phi) is 4.51. The van der Waals surface area contributed by atoms with E-state index < -0.39 is 0 Å². The van der Waals surface area contributed by atoms with Crippen molar-refractivity contribution in [2.75, 3.05) is 18.6 Å². The molecule has 1 aromatic carbocycles. The highest BCUT2D eigenvalue weighted by molar-refractivity contribution is 7.16. The Labute approximate surface area is 156 Å². The Morgan fingerprint density at radius 3 is 2.85 bits per heavy atom. The van der Waals surface area contributed by atoms with Crippen molar-refractivity contribution in [3.63, 3.8) is 0 Å². The molecule has 0 unspecified atom stereocenters. The average molecular weight is 368 g/mol. The van der Waals surface area contributed by atoms with Gasteiger partial charge in [-0.1, -0.05) is 12.1 Å². The Balaban J connectivity index is 1.49. The van der Waals surface area contributed by atoms with Gasteiger partial charge in [0.25, 0.3) is 0 Å². The van der Waals surface area contributed by atoms with Crippen molar-refractivity contribution in [2.24, 2.45) is 0 Å². The SMILES string of the molecule is CCOc1ccc(CC(=O)N(C)c2nc3c(s2)CCc2occc2-3)cc1. The minimum absolute atomic E-state index is 0.0210. The molecule has 2 aromatic heterocycles. The average Bonchev–Trinajstić information content (AvgIpc) is 3.28. The Hall–Kier alpha value is -2.60. The summed E-state index contributed by atoms with van der Waals surface area (Å²) < 4.78 is 10.9. The number of aromatic nitrogens is 1. The van der Waals surface area contributed by atoms with E-state index in [1.165, 1.54) is 4.88 Å². The van der Waals surface area contributed by atoms with Crippen LogP contribution in [0.15, 0.2) is 41.0 Å². The molecule has 0 spiro atoms. The van der Waals surface area contributed by atoms with Gasteiger partial charge in [0, 0.05) is 23.9 Å². The molecule has 6 heteroatoms. The quantitative estimate of drug-likeness (QED) is 0.680. The molecule has 0 atom stereocenters. The molecule has 0 N–H and O–H groups in total. The molecule has 0 radical (unpaired) electrons. The number of ether oxygens (including phenoxy) is 1. The smallest absolute Gasteiger partial charge is 0.232 e. The zero-order valence-corrected chi connectivity index (χ0v) is 15.6. The molecule has 5 nitrogen and oxygen atoms in total. The third-order valence-corrected chi connectivity index (χ3v) is 5.71. The third-order valence-electron chi connectivity index (χ3n) is 4.52. The van der Waals surface area contributed by atoms with Gasteiger partial charge < -0.3 is 9.15 Å². The Morgan fingerprint density at radius 1 is 1.27 bits per heavy atom. The van der Waals surface area contributed by atoms with Crippen LogP contribution in [0.2, 0.25) is 0 Å². The van der Waals surface area contributed by atoms with Crippen molar-refractivity contribution in [1.29, 1.82) is 0 Å². The summed E-state index contributed by atoms with van der Waals surface area (Å²) in [6.45, 7) is 2.58. The van der Waals surface area contributed by atoms with Gasteiger partial charge in [0.1, 0.15) is 11.5 Å². The van der Waals surface area contributed by atoms with E-state index in [4.69, 9.17) is 14.1 Å². The maximum Gasteiger partial charge on any atom is 0.232 e. The van der Waals surface area contributed by atoms with Gasteiger partial charge in [-0.25, -0.2) is 4.98 Å². The fourth-order valence-electron chi connectivity index (χ4n) is 3.11. The molecule has 0 saturated carbocycles. The van der Waals surface area contributed by atoms with Crippen molar-refractivity contribution in [1.82, 2.24) is 4.98 Å². The van der Waals surface area contributed by atoms with E-state index in [9.17, 15) is 4.79 Å². The van der Waals surface area contributed by atoms with Gasteiger partial charge in [-0.05, 0) is 37.1 Å². The van der Waals surface area contributed by atoms with Crippen molar-refractivity contribution < 1.29 is 13.9 Å². The number of rotatable bonds is 5. The number of nitrogens with zero attached hydrogens (tertiary/aromatic N) is 2. The molecule has 1 aliphatic rings. The van der Waals surface area contributed by atoms with Crippen LogP contribution < -0.4 is 9.64 Å². The van der Waals surface area contributed by atoms with E-state index in [0.717, 1.165) is 46.3 Å². The Morgan fingerprint density at radius 2 is 2.08 bits per heavy atom. The first-order valence-corrected chi connectivity index (χ1v) is 9.52. The van der Waals surface area contributed by atoms with Crippen molar-refractivity contribution >= 4 is 22.4 Å². The number of carbonyl (C=O) groups excluding carboxylic acids is 1. The van der Waals surface area contributed by atoms with E-state index >= 15 is 0 Å². The number of fused-ring (bicyclic) bond motifs is 3. The van der Waals surface area contributed by atoms with Crippen molar-refractivity contribution in [3.05, 3.63) is 52.8 Å². The molecule has 26 heavy (non-hydrogen) atoms. The van der Waals surface area contributed by atoms with E-state index in [1.807, 2.05) is 37.3 Å². The number of carbonyl (C=O) groups is 1. The van der Waals surface area contributed by atoms with Crippen LogP contribution in [-0.4, -0.2) is 24.5 Å². The van der Waals surface area contributed by atoms with Gasteiger partial charge in [0.15, 0.2) is 5.13 Å². The molecule has 134 valence electrons. The van der Waals surface area contributed by atoms with Crippen molar-refractivity contribution in [2.45, 2.75) is 26.2 Å². The number of likely N-dealkylation sites (N-methyl/N-ethyl adjacent to an activating group) is 1. The summed E-state index contributed by atoms with van der Waals surface area (Å²) in [5, 5.41) is 0.736. The highest BCUT2D eigenvalue weighted by Crippen LogP contribution is 2.39. The molecule has 2 heterocycles. The molecule has 3 aromatic rings. The van der Waals surface area contributed by atoms with Crippen LogP contribution in [0, 0.1) is 0 Å². The predicted octanol–water partition coefficient (Wildman–Crippen LogP) is 4.11. The second-order valence-electron chi connectivity index (χ2n) is 6.23. The van der Waals surface area contributed by atoms with Crippen LogP contribution in [0.5, 0.6) is 5.75 Å². The molecule has 4 rings (SSSR count). The first-order valence-electron chi connectivity index (χ1n) is 8.70. The third kappa shape index (κ3) is 3.12. The zero-order valence-electron chi connectivity index (χ0n) is 14.8. The van der Waals surface area contributed by atoms with E-state index in [1.54, 1.807) is 29.5 Å². The van der Waals surface area contributed by atoms with E-state index in [2.05, 4.69) is 0 Å². The van der Waals surface area contributed by atoms with Crippen LogP contribution >= 0.6 is 11.3 Å². The first kappa shape index (κ1) is 16.8. The van der Waals surface area contributed by atoms with Gasteiger partial charge >= 0.3 is 0 Å². The first-order chi connectivity index (χ1) is 12.7. The fourth-order valence-corrected chi connectivity index (χ4v) is 4.16. The standard InChI is InChI=1S/C20H20N2O3S/c1-3-24-14-6-4-13(5-7-14)12-18(23)22(2)20-21-19-15-10-11-25-16(15)8-9-17(19)26-20/h4-7,10-11H,3,8-9,12H2,1-2H3. The Bertz CT molecular complexity index is 927. The van der Waals surface area contributed by atoms with Crippen LogP contribution in [-0.2, 0) is 24.1 Å². The van der Waals surface area contributed by atoms with Gasteiger partial charge in [-0.2, -0.15) is 0 Å². The van der Waals surface area contributed by atoms with Gasteiger partial charge in [-0.15, -0.1) is 11.3 Å². The number of anilines is 1. The monoisotopic (exact) mass is 368 g/mol. The summed E-state index contributed by atoms with van der Waals surface area (Å²) in [6.07, 6.45) is 3.85. The summed E-state index contributed by atoms with van der Waals surface area (Å²) in [5.41, 5.74) is 2.98. The molecular weight excluding hydrogens is 348 g/mol. The van der Waals surface area contributed by atoms with Crippen LogP contribution in [0.3, 0.4) is 0 Å². The minimum Gasteiger partial charge on any atom is -0.494 e. The van der Waals surface area contributed by atoms with Gasteiger partial charge in [0.05, 0.1) is 25.0 Å². The lowest BCUT2D eigenvalue weighted by molar-refractivity contribution is -0.117. The maximum absolute atomic E-state index is 12.7. The minimum atomic E-state index is 0.0210. The lowest BCUT2D eigenvalue weighted by Gasteiger charge is -2.14. The lowest BCUT2D eigenvalue weighted by atomic mass is 10.0. The number of amides is 1. The molecule has 0 aliphatic heterocycles. The normalized spacial score (nSPS) is 12.4. The number of aryl methyl sites for hydroxylation is 2. The van der Waals surface area contributed by atoms with Crippen LogP contribution in [0.4, 0.5) is 5.13 Å². The zero-order chi connectivity index (χ0) is 18.1. The number of hydrogen-bond acceptors (Lipinski definition) is 5. The van der Waals surface area contributed by atoms with Crippen LogP contribution in [0.1, 0.15) is 23.1 Å². The number of benzene rings is 1. The lowest BCUT2D eigenvalue weighted by Crippen LogP contribution is -2.27. The van der Waals surface area contributed by atoms with Crippen LogP contribution in [0.25, 0.3) is 11.3 Å². The maximum atomic E-state index is 12.7. The molecule has 0 bridgehead atoms. The number of thiazole rings is 1. The largest absolute Gasteiger partial charge is 0.494 e. The summed E-state index contributed by atoms with van der Waals surface area (Å²) in [7, 11) is 1.79. The van der Waals surface area contributed by atoms with E-state index in [-0.39, 0.29) is 5.91 Å². The molecule has 0 saturated heterocycles. The number of furan rings is 1. The highest BCUT2D eigenvalue weighted by Gasteiger charge is 2.25.